The van der Waals surface area contributed by atoms with Crippen LogP contribution in [-0.4, -0.2) is 54.8 Å². The molecular formula is C31H31Cl2N5O9. The van der Waals surface area contributed by atoms with E-state index in [0.29, 0.717) is 45.5 Å². The number of urea groups is 1. The summed E-state index contributed by atoms with van der Waals surface area (Å²) in [7, 11) is 1.25. The zero-order valence-corrected chi connectivity index (χ0v) is 26.9. The molecule has 0 fully saturated rings. The average Bonchev–Trinajstić information content (AvgIpc) is 3.03. The second-order valence-electron chi connectivity index (χ2n) is 9.93. The van der Waals surface area contributed by atoms with Gasteiger partial charge in [0.2, 0.25) is 0 Å². The summed E-state index contributed by atoms with van der Waals surface area (Å²) in [6, 6.07) is 12.6. The number of nitro benzene ring substituents is 1. The minimum atomic E-state index is -1.26. The highest BCUT2D eigenvalue weighted by molar-refractivity contribution is 6.36. The van der Waals surface area contributed by atoms with Crippen LogP contribution in [0.4, 0.5) is 10.5 Å². The van der Waals surface area contributed by atoms with Crippen molar-refractivity contribution in [2.45, 2.75) is 32.7 Å². The standard InChI is InChI=1S/C31H31Cl2N5O9/c1-4-45-25-12-19(28-27(30(40)44-3)17(2)35-31(41)36-28)7-10-24(25)46-16-26(39)37-34-14-20-11-21(32)13-23(33)29(20)47-15-18-5-8-22(9-6-18)38(42)43/h5-14,26,28,37,39H,4,15-16H2,1-3H3,(H2,35,36,41)/b34-14+/t26-,28+/m0/s1. The molecule has 3 aromatic rings. The Labute approximate surface area is 279 Å². The second-order valence-corrected chi connectivity index (χ2v) is 10.8. The van der Waals surface area contributed by atoms with Gasteiger partial charge in [0.25, 0.3) is 5.69 Å². The molecule has 0 aromatic heterocycles. The van der Waals surface area contributed by atoms with Crippen molar-refractivity contribution < 1.29 is 38.6 Å². The van der Waals surface area contributed by atoms with Crippen molar-refractivity contribution in [3.63, 3.8) is 0 Å². The summed E-state index contributed by atoms with van der Waals surface area (Å²) >= 11 is 12.5. The first-order valence-corrected chi connectivity index (χ1v) is 14.8. The second kappa shape index (κ2) is 16.0. The van der Waals surface area contributed by atoms with E-state index >= 15 is 0 Å². The van der Waals surface area contributed by atoms with Gasteiger partial charge in [0, 0.05) is 28.4 Å². The lowest BCUT2D eigenvalue weighted by molar-refractivity contribution is -0.384. The van der Waals surface area contributed by atoms with E-state index in [1.807, 2.05) is 0 Å². The fourth-order valence-electron chi connectivity index (χ4n) is 4.51. The van der Waals surface area contributed by atoms with Gasteiger partial charge in [-0.25, -0.2) is 9.59 Å². The van der Waals surface area contributed by atoms with E-state index in [4.69, 9.17) is 42.1 Å². The SMILES string of the molecule is CCOc1cc([C@H]2NC(=O)NC(C)=C2C(=O)OC)ccc1OC[C@H](O)N/N=C/c1cc(Cl)cc(Cl)c1OCc1ccc([N+](=O)[O-])cc1. The van der Waals surface area contributed by atoms with Crippen LogP contribution in [0, 0.1) is 10.1 Å². The van der Waals surface area contributed by atoms with Gasteiger partial charge in [-0.1, -0.05) is 29.3 Å². The summed E-state index contributed by atoms with van der Waals surface area (Å²) in [6.45, 7) is 3.50. The van der Waals surface area contributed by atoms with Crippen LogP contribution >= 0.6 is 23.2 Å². The number of carbonyl (C=O) groups excluding carboxylic acids is 2. The molecule has 0 spiro atoms. The molecule has 16 heteroatoms. The van der Waals surface area contributed by atoms with E-state index in [1.165, 1.54) is 31.5 Å². The summed E-state index contributed by atoms with van der Waals surface area (Å²) in [6.07, 6.45) is 0.0913. The molecule has 0 aliphatic carbocycles. The number of nitro groups is 1. The Balaban J connectivity index is 1.42. The van der Waals surface area contributed by atoms with Crippen LogP contribution in [0.5, 0.6) is 17.2 Å². The van der Waals surface area contributed by atoms with Crippen LogP contribution in [0.2, 0.25) is 10.0 Å². The van der Waals surface area contributed by atoms with Gasteiger partial charge in [-0.05, 0) is 61.4 Å². The van der Waals surface area contributed by atoms with Gasteiger partial charge in [0.05, 0.1) is 41.5 Å². The number of non-ortho nitro benzene ring substituents is 1. The number of benzene rings is 3. The molecule has 0 unspecified atom stereocenters. The van der Waals surface area contributed by atoms with E-state index in [0.717, 1.165) is 0 Å². The number of halogens is 2. The molecule has 0 bridgehead atoms. The Bertz CT molecular complexity index is 1700. The first kappa shape index (κ1) is 34.8. The summed E-state index contributed by atoms with van der Waals surface area (Å²) in [5.41, 5.74) is 4.73. The van der Waals surface area contributed by atoms with Gasteiger partial charge >= 0.3 is 12.0 Å². The third-order valence-corrected chi connectivity index (χ3v) is 7.17. The highest BCUT2D eigenvalue weighted by Gasteiger charge is 2.32. The summed E-state index contributed by atoms with van der Waals surface area (Å²) in [4.78, 5) is 35.0. The van der Waals surface area contributed by atoms with Crippen molar-refractivity contribution in [3.05, 3.63) is 103 Å². The molecule has 248 valence electrons. The number of nitrogens with zero attached hydrogens (tertiary/aromatic N) is 2. The Morgan fingerprint density at radius 3 is 2.55 bits per heavy atom. The van der Waals surface area contributed by atoms with Crippen molar-refractivity contribution in [3.8, 4) is 17.2 Å². The van der Waals surface area contributed by atoms with E-state index in [2.05, 4.69) is 21.2 Å². The van der Waals surface area contributed by atoms with Crippen molar-refractivity contribution in [1.82, 2.24) is 16.1 Å². The number of nitrogens with one attached hydrogen (secondary N) is 3. The molecule has 1 heterocycles. The van der Waals surface area contributed by atoms with E-state index < -0.39 is 29.2 Å². The lowest BCUT2D eigenvalue weighted by Gasteiger charge is -2.28. The molecule has 4 rings (SSSR count). The van der Waals surface area contributed by atoms with Crippen LogP contribution in [-0.2, 0) is 16.1 Å². The van der Waals surface area contributed by atoms with Crippen LogP contribution < -0.4 is 30.3 Å². The Morgan fingerprint density at radius 1 is 1.13 bits per heavy atom. The van der Waals surface area contributed by atoms with Crippen molar-refractivity contribution >= 4 is 47.1 Å². The van der Waals surface area contributed by atoms with Crippen molar-refractivity contribution in [1.29, 1.82) is 0 Å². The van der Waals surface area contributed by atoms with Gasteiger partial charge in [0.1, 0.15) is 19.0 Å². The minimum absolute atomic E-state index is 0.0419. The van der Waals surface area contributed by atoms with Crippen molar-refractivity contribution in [2.75, 3.05) is 20.3 Å². The number of hydrazone groups is 1. The van der Waals surface area contributed by atoms with Crippen molar-refractivity contribution in [2.24, 2.45) is 5.10 Å². The van der Waals surface area contributed by atoms with E-state index in [1.54, 1.807) is 50.2 Å². The first-order valence-electron chi connectivity index (χ1n) is 14.1. The fourth-order valence-corrected chi connectivity index (χ4v) is 5.08. The monoisotopic (exact) mass is 687 g/mol. The number of hydrogen-bond donors (Lipinski definition) is 4. The van der Waals surface area contributed by atoms with E-state index in [9.17, 15) is 24.8 Å². The normalized spacial score (nSPS) is 15.0. The number of amides is 2. The number of carbonyl (C=O) groups is 2. The summed E-state index contributed by atoms with van der Waals surface area (Å²) < 4.78 is 22.3. The number of hydrogen-bond acceptors (Lipinski definition) is 11. The molecule has 1 aliphatic heterocycles. The molecule has 0 saturated carbocycles. The molecule has 14 nitrogen and oxygen atoms in total. The maximum Gasteiger partial charge on any atom is 0.337 e. The Morgan fingerprint density at radius 2 is 1.87 bits per heavy atom. The average molecular weight is 689 g/mol. The summed E-state index contributed by atoms with van der Waals surface area (Å²) in [5, 5.41) is 31.3. The number of allylic oxidation sites excluding steroid dienone is 1. The van der Waals surface area contributed by atoms with Gasteiger partial charge < -0.3 is 34.7 Å². The quantitative estimate of drug-likeness (QED) is 0.0591. The zero-order valence-electron chi connectivity index (χ0n) is 25.4. The number of ether oxygens (including phenoxy) is 4. The Kier molecular flexibility index (Phi) is 11.8. The van der Waals surface area contributed by atoms with Crippen LogP contribution in [0.1, 0.15) is 36.6 Å². The number of aliphatic hydroxyl groups is 1. The third-order valence-electron chi connectivity index (χ3n) is 6.67. The maximum atomic E-state index is 12.5. The largest absolute Gasteiger partial charge is 0.490 e. The van der Waals surface area contributed by atoms with Gasteiger partial charge in [-0.3, -0.25) is 15.5 Å². The third kappa shape index (κ3) is 9.03. The minimum Gasteiger partial charge on any atom is -0.490 e. The molecule has 0 saturated heterocycles. The number of methoxy groups -OCH3 is 1. The predicted octanol–water partition coefficient (Wildman–Crippen LogP) is 5.00. The van der Waals surface area contributed by atoms with Crippen LogP contribution in [0.15, 0.2) is 71.0 Å². The number of aliphatic hydroxyl groups excluding tert-OH is 1. The lowest BCUT2D eigenvalue weighted by Crippen LogP contribution is -2.45. The van der Waals surface area contributed by atoms with Crippen LogP contribution in [0.25, 0.3) is 0 Å². The predicted molar refractivity (Wildman–Crippen MR) is 173 cm³/mol. The van der Waals surface area contributed by atoms with Gasteiger partial charge in [-0.15, -0.1) is 0 Å². The fraction of sp³-hybridized carbons (Fsp3) is 0.258. The van der Waals surface area contributed by atoms with Crippen LogP contribution in [0.3, 0.4) is 0 Å². The highest BCUT2D eigenvalue weighted by Crippen LogP contribution is 2.35. The molecular weight excluding hydrogens is 657 g/mol. The molecule has 4 N–H and O–H groups in total. The van der Waals surface area contributed by atoms with E-state index in [-0.39, 0.29) is 35.2 Å². The number of esters is 1. The first-order chi connectivity index (χ1) is 22.5. The highest BCUT2D eigenvalue weighted by atomic mass is 35.5. The molecule has 2 atom stereocenters. The molecule has 1 aliphatic rings. The molecule has 2 amide bonds. The number of rotatable bonds is 14. The lowest BCUT2D eigenvalue weighted by atomic mass is 9.95. The Hall–Kier alpha value is -5.05. The summed E-state index contributed by atoms with van der Waals surface area (Å²) in [5.74, 6) is 0.275. The smallest absolute Gasteiger partial charge is 0.337 e. The zero-order chi connectivity index (χ0) is 34.1. The topological polar surface area (TPSA) is 183 Å². The maximum absolute atomic E-state index is 12.5. The van der Waals surface area contributed by atoms with Gasteiger partial charge in [-0.2, -0.15) is 5.10 Å². The van der Waals surface area contributed by atoms with Gasteiger partial charge in [0.15, 0.2) is 17.7 Å². The molecule has 3 aromatic carbocycles. The molecule has 47 heavy (non-hydrogen) atoms. The molecule has 0 radical (unpaired) electrons.